The van der Waals surface area contributed by atoms with E-state index in [1.54, 1.807) is 12.1 Å². The van der Waals surface area contributed by atoms with Crippen LogP contribution in [0.15, 0.2) is 12.1 Å². The summed E-state index contributed by atoms with van der Waals surface area (Å²) < 4.78 is 0. The summed E-state index contributed by atoms with van der Waals surface area (Å²) in [6, 6.07) is 3.18. The smallest absolute Gasteiger partial charge is 0.271 e. The van der Waals surface area contributed by atoms with Crippen LogP contribution in [0.4, 0.5) is 5.82 Å². The lowest BCUT2D eigenvalue weighted by molar-refractivity contribution is 0.0931. The maximum atomic E-state index is 11.9. The Bertz CT molecular complexity index is 412. The first-order valence-electron chi connectivity index (χ1n) is 6.78. The molecule has 19 heavy (non-hydrogen) atoms. The minimum Gasteiger partial charge on any atom is -0.382 e. The zero-order valence-corrected chi connectivity index (χ0v) is 11.3. The summed E-state index contributed by atoms with van der Waals surface area (Å²) in [6.07, 6.45) is 2.28. The van der Waals surface area contributed by atoms with E-state index in [-0.39, 0.29) is 5.91 Å². The Kier molecular flexibility index (Phi) is 4.68. The monoisotopic (exact) mass is 263 g/mol. The molecule has 1 amide bonds. The fraction of sp³-hybridized carbons (Fsp3) is 0.615. The lowest BCUT2D eigenvalue weighted by Gasteiger charge is -2.30. The summed E-state index contributed by atoms with van der Waals surface area (Å²) in [6.45, 7) is 6.25. The first-order valence-corrected chi connectivity index (χ1v) is 6.78. The Morgan fingerprint density at radius 2 is 2.16 bits per heavy atom. The fourth-order valence-electron chi connectivity index (χ4n) is 2.30. The van der Waals surface area contributed by atoms with Crippen molar-refractivity contribution in [1.29, 1.82) is 0 Å². The molecule has 1 fully saturated rings. The van der Waals surface area contributed by atoms with Crippen molar-refractivity contribution in [3.05, 3.63) is 17.8 Å². The predicted octanol–water partition coefficient (Wildman–Crippen LogP) is 0.521. The van der Waals surface area contributed by atoms with Gasteiger partial charge in [-0.15, -0.1) is 10.2 Å². The molecule has 1 aromatic rings. The molecular weight excluding hydrogens is 242 g/mol. The number of hydrogen-bond donors (Lipinski definition) is 2. The number of aromatic nitrogens is 2. The van der Waals surface area contributed by atoms with E-state index in [0.29, 0.717) is 24.0 Å². The maximum Gasteiger partial charge on any atom is 0.271 e. The van der Waals surface area contributed by atoms with Gasteiger partial charge in [-0.1, -0.05) is 6.92 Å². The zero-order valence-electron chi connectivity index (χ0n) is 11.3. The second-order valence-corrected chi connectivity index (χ2v) is 4.93. The SMILES string of the molecule is CCN1CCC(CNC(=O)c2ccc(N)nn2)CC1. The standard InChI is InChI=1S/C13H21N5O/c1-2-18-7-5-10(6-8-18)9-15-13(19)11-3-4-12(14)17-16-11/h3-4,10H,2,5-9H2,1H3,(H2,14,17)(H,15,19). The fourth-order valence-corrected chi connectivity index (χ4v) is 2.30. The molecule has 2 rings (SSSR count). The lowest BCUT2D eigenvalue weighted by atomic mass is 9.97. The number of nitrogen functional groups attached to an aromatic ring is 1. The van der Waals surface area contributed by atoms with E-state index in [2.05, 4.69) is 27.3 Å². The van der Waals surface area contributed by atoms with Crippen LogP contribution in [-0.2, 0) is 0 Å². The molecule has 0 unspecified atom stereocenters. The van der Waals surface area contributed by atoms with E-state index in [1.807, 2.05) is 0 Å². The number of piperidine rings is 1. The van der Waals surface area contributed by atoms with Crippen molar-refractivity contribution in [1.82, 2.24) is 20.4 Å². The van der Waals surface area contributed by atoms with Gasteiger partial charge in [0.05, 0.1) is 0 Å². The van der Waals surface area contributed by atoms with Crippen LogP contribution in [0.5, 0.6) is 0 Å². The van der Waals surface area contributed by atoms with E-state index < -0.39 is 0 Å². The van der Waals surface area contributed by atoms with Crippen molar-refractivity contribution in [2.75, 3.05) is 31.9 Å². The number of hydrogen-bond acceptors (Lipinski definition) is 5. The van der Waals surface area contributed by atoms with Gasteiger partial charge < -0.3 is 16.0 Å². The third-order valence-electron chi connectivity index (χ3n) is 3.62. The van der Waals surface area contributed by atoms with Crippen molar-refractivity contribution >= 4 is 11.7 Å². The largest absolute Gasteiger partial charge is 0.382 e. The third-order valence-corrected chi connectivity index (χ3v) is 3.62. The number of nitrogens with one attached hydrogen (secondary N) is 1. The molecule has 6 nitrogen and oxygen atoms in total. The molecule has 0 bridgehead atoms. The van der Waals surface area contributed by atoms with Crippen molar-refractivity contribution in [3.63, 3.8) is 0 Å². The highest BCUT2D eigenvalue weighted by molar-refractivity contribution is 5.92. The van der Waals surface area contributed by atoms with Crippen LogP contribution in [0.2, 0.25) is 0 Å². The molecule has 6 heteroatoms. The third kappa shape index (κ3) is 3.89. The highest BCUT2D eigenvalue weighted by atomic mass is 16.1. The number of nitrogens with two attached hydrogens (primary N) is 1. The number of anilines is 1. The summed E-state index contributed by atoms with van der Waals surface area (Å²) in [5, 5.41) is 10.4. The molecule has 0 radical (unpaired) electrons. The highest BCUT2D eigenvalue weighted by Crippen LogP contribution is 2.15. The number of nitrogens with zero attached hydrogens (tertiary/aromatic N) is 3. The topological polar surface area (TPSA) is 84.1 Å². The minimum atomic E-state index is -0.176. The van der Waals surface area contributed by atoms with E-state index in [9.17, 15) is 4.79 Å². The Labute approximate surface area is 113 Å². The lowest BCUT2D eigenvalue weighted by Crippen LogP contribution is -2.38. The molecule has 0 saturated carbocycles. The zero-order chi connectivity index (χ0) is 13.7. The van der Waals surface area contributed by atoms with E-state index in [0.717, 1.165) is 32.5 Å². The molecular formula is C13H21N5O. The number of carbonyl (C=O) groups is 1. The summed E-state index contributed by atoms with van der Waals surface area (Å²) >= 11 is 0. The maximum absolute atomic E-state index is 11.9. The molecule has 104 valence electrons. The van der Waals surface area contributed by atoms with E-state index >= 15 is 0 Å². The van der Waals surface area contributed by atoms with Crippen molar-refractivity contribution < 1.29 is 4.79 Å². The van der Waals surface area contributed by atoms with Gasteiger partial charge in [0.15, 0.2) is 5.69 Å². The Balaban J connectivity index is 1.76. The van der Waals surface area contributed by atoms with Crippen LogP contribution in [0.3, 0.4) is 0 Å². The quantitative estimate of drug-likeness (QED) is 0.827. The van der Waals surface area contributed by atoms with Gasteiger partial charge in [-0.2, -0.15) is 0 Å². The first kappa shape index (κ1) is 13.7. The summed E-state index contributed by atoms with van der Waals surface area (Å²) in [5.41, 5.74) is 5.75. The number of rotatable bonds is 4. The number of likely N-dealkylation sites (tertiary alicyclic amines) is 1. The second kappa shape index (κ2) is 6.47. The van der Waals surface area contributed by atoms with Crippen LogP contribution in [0.25, 0.3) is 0 Å². The van der Waals surface area contributed by atoms with Gasteiger partial charge in [-0.3, -0.25) is 4.79 Å². The summed E-state index contributed by atoms with van der Waals surface area (Å²) in [4.78, 5) is 14.3. The van der Waals surface area contributed by atoms with Crippen LogP contribution >= 0.6 is 0 Å². The molecule has 1 aliphatic heterocycles. The molecule has 3 N–H and O–H groups in total. The van der Waals surface area contributed by atoms with Crippen LogP contribution in [-0.4, -0.2) is 47.2 Å². The Morgan fingerprint density at radius 3 is 2.74 bits per heavy atom. The van der Waals surface area contributed by atoms with Crippen LogP contribution in [0.1, 0.15) is 30.3 Å². The predicted molar refractivity (Wildman–Crippen MR) is 73.6 cm³/mol. The second-order valence-electron chi connectivity index (χ2n) is 4.93. The van der Waals surface area contributed by atoms with Gasteiger partial charge in [0, 0.05) is 6.54 Å². The van der Waals surface area contributed by atoms with E-state index in [1.165, 1.54) is 0 Å². The molecule has 2 heterocycles. The average molecular weight is 263 g/mol. The number of amides is 1. The average Bonchev–Trinajstić information content (AvgIpc) is 2.46. The molecule has 0 aliphatic carbocycles. The van der Waals surface area contributed by atoms with Crippen molar-refractivity contribution in [2.45, 2.75) is 19.8 Å². The Morgan fingerprint density at radius 1 is 1.42 bits per heavy atom. The summed E-state index contributed by atoms with van der Waals surface area (Å²) in [5.74, 6) is 0.711. The molecule has 0 atom stereocenters. The summed E-state index contributed by atoms with van der Waals surface area (Å²) in [7, 11) is 0. The molecule has 0 aromatic carbocycles. The van der Waals surface area contributed by atoms with Crippen molar-refractivity contribution in [2.24, 2.45) is 5.92 Å². The van der Waals surface area contributed by atoms with Gasteiger partial charge in [0.1, 0.15) is 5.82 Å². The van der Waals surface area contributed by atoms with Gasteiger partial charge >= 0.3 is 0 Å². The Hall–Kier alpha value is -1.69. The van der Waals surface area contributed by atoms with E-state index in [4.69, 9.17) is 5.73 Å². The van der Waals surface area contributed by atoms with Crippen LogP contribution < -0.4 is 11.1 Å². The molecule has 1 saturated heterocycles. The van der Waals surface area contributed by atoms with Crippen molar-refractivity contribution in [3.8, 4) is 0 Å². The molecule has 0 spiro atoms. The van der Waals surface area contributed by atoms with Crippen LogP contribution in [0, 0.1) is 5.92 Å². The number of carbonyl (C=O) groups excluding carboxylic acids is 1. The van der Waals surface area contributed by atoms with Gasteiger partial charge in [-0.25, -0.2) is 0 Å². The molecule has 1 aromatic heterocycles. The van der Waals surface area contributed by atoms with Gasteiger partial charge in [0.2, 0.25) is 0 Å². The first-order chi connectivity index (χ1) is 9.19. The molecule has 1 aliphatic rings. The minimum absolute atomic E-state index is 0.176. The normalized spacial score (nSPS) is 17.3. The highest BCUT2D eigenvalue weighted by Gasteiger charge is 2.19. The van der Waals surface area contributed by atoms with Gasteiger partial charge in [0.25, 0.3) is 5.91 Å². The van der Waals surface area contributed by atoms with Gasteiger partial charge in [-0.05, 0) is 50.5 Å².